The Kier molecular flexibility index (Phi) is 5.86. The van der Waals surface area contributed by atoms with Gasteiger partial charge in [0, 0.05) is 12.1 Å². The van der Waals surface area contributed by atoms with Crippen LogP contribution in [0.4, 0.5) is 0 Å². The van der Waals surface area contributed by atoms with Crippen LogP contribution in [0.25, 0.3) is 0 Å². The average Bonchev–Trinajstić information content (AvgIpc) is 2.48. The van der Waals surface area contributed by atoms with Gasteiger partial charge in [0.15, 0.2) is 0 Å². The predicted octanol–water partition coefficient (Wildman–Crippen LogP) is 3.31. The number of phenolic OH excluding ortho intramolecular Hbond substituents is 1. The molecule has 1 aromatic carbocycles. The Morgan fingerprint density at radius 2 is 1.85 bits per heavy atom. The number of phenols is 1. The zero-order valence-electron chi connectivity index (χ0n) is 12.8. The molecule has 2 N–H and O–H groups in total. The summed E-state index contributed by atoms with van der Waals surface area (Å²) in [4.78, 5) is 2.57. The van der Waals surface area contributed by atoms with E-state index in [4.69, 9.17) is 0 Å². The Morgan fingerprint density at radius 3 is 2.40 bits per heavy atom. The summed E-state index contributed by atoms with van der Waals surface area (Å²) in [5.74, 6) is 0.344. The van der Waals surface area contributed by atoms with E-state index in [1.54, 1.807) is 12.1 Å². The number of piperidine rings is 1. The fourth-order valence-corrected chi connectivity index (χ4v) is 3.08. The maximum atomic E-state index is 9.39. The number of hydrogen-bond acceptors (Lipinski definition) is 3. The summed E-state index contributed by atoms with van der Waals surface area (Å²) in [6, 6.07) is 8.65. The molecule has 1 aliphatic rings. The molecule has 1 unspecified atom stereocenters. The Bertz CT molecular complexity index is 382. The van der Waals surface area contributed by atoms with Gasteiger partial charge >= 0.3 is 0 Å². The molecular formula is C17H28N2O. The van der Waals surface area contributed by atoms with Gasteiger partial charge in [0.2, 0.25) is 0 Å². The molecule has 3 heteroatoms. The molecule has 1 heterocycles. The third-order valence-electron chi connectivity index (χ3n) is 4.27. The van der Waals surface area contributed by atoms with E-state index in [9.17, 15) is 5.11 Å². The number of benzene rings is 1. The summed E-state index contributed by atoms with van der Waals surface area (Å²) < 4.78 is 0. The number of rotatable bonds is 6. The smallest absolute Gasteiger partial charge is 0.115 e. The molecule has 1 aliphatic heterocycles. The number of aromatic hydroxyl groups is 1. The quantitative estimate of drug-likeness (QED) is 0.837. The predicted molar refractivity (Wildman–Crippen MR) is 84.0 cm³/mol. The van der Waals surface area contributed by atoms with Crippen LogP contribution < -0.4 is 5.32 Å². The summed E-state index contributed by atoms with van der Waals surface area (Å²) in [6.45, 7) is 8.15. The summed E-state index contributed by atoms with van der Waals surface area (Å²) in [5.41, 5.74) is 1.28. The summed E-state index contributed by atoms with van der Waals surface area (Å²) in [7, 11) is 0. The lowest BCUT2D eigenvalue weighted by Gasteiger charge is -2.34. The average molecular weight is 276 g/mol. The molecule has 0 aliphatic carbocycles. The lowest BCUT2D eigenvalue weighted by molar-refractivity contribution is 0.190. The van der Waals surface area contributed by atoms with E-state index in [2.05, 4.69) is 24.1 Å². The van der Waals surface area contributed by atoms with Crippen LogP contribution in [0.3, 0.4) is 0 Å². The standard InChI is InChI=1S/C17H28N2O/c1-3-11-19-12-9-15(10-13-19)18-17(4-2)14-5-7-16(20)8-6-14/h5-8,15,17-18,20H,3-4,9-13H2,1-2H3. The Balaban J connectivity index is 1.86. The number of nitrogens with zero attached hydrogens (tertiary/aromatic N) is 1. The molecule has 2 rings (SSSR count). The fourth-order valence-electron chi connectivity index (χ4n) is 3.08. The molecular weight excluding hydrogens is 248 g/mol. The van der Waals surface area contributed by atoms with Crippen LogP contribution in [-0.2, 0) is 0 Å². The molecule has 3 nitrogen and oxygen atoms in total. The zero-order chi connectivity index (χ0) is 14.4. The minimum Gasteiger partial charge on any atom is -0.508 e. The highest BCUT2D eigenvalue weighted by atomic mass is 16.3. The van der Waals surface area contributed by atoms with Gasteiger partial charge in [0.25, 0.3) is 0 Å². The van der Waals surface area contributed by atoms with E-state index in [0.717, 1.165) is 6.42 Å². The van der Waals surface area contributed by atoms with Crippen molar-refractivity contribution in [1.82, 2.24) is 10.2 Å². The molecule has 0 spiro atoms. The highest BCUT2D eigenvalue weighted by molar-refractivity contribution is 5.28. The Hall–Kier alpha value is -1.06. The van der Waals surface area contributed by atoms with Crippen molar-refractivity contribution in [3.63, 3.8) is 0 Å². The maximum absolute atomic E-state index is 9.39. The summed E-state index contributed by atoms with van der Waals surface area (Å²) >= 11 is 0. The minimum absolute atomic E-state index is 0.344. The lowest BCUT2D eigenvalue weighted by Crippen LogP contribution is -2.43. The summed E-state index contributed by atoms with van der Waals surface area (Å²) in [5, 5.41) is 13.2. The molecule has 0 radical (unpaired) electrons. The van der Waals surface area contributed by atoms with Crippen molar-refractivity contribution in [3.05, 3.63) is 29.8 Å². The minimum atomic E-state index is 0.344. The molecule has 1 fully saturated rings. The Morgan fingerprint density at radius 1 is 1.20 bits per heavy atom. The van der Waals surface area contributed by atoms with Crippen LogP contribution >= 0.6 is 0 Å². The van der Waals surface area contributed by atoms with E-state index in [1.807, 2.05) is 12.1 Å². The maximum Gasteiger partial charge on any atom is 0.115 e. The molecule has 0 aromatic heterocycles. The van der Waals surface area contributed by atoms with Crippen LogP contribution in [0.2, 0.25) is 0 Å². The van der Waals surface area contributed by atoms with Crippen LogP contribution in [0.5, 0.6) is 5.75 Å². The van der Waals surface area contributed by atoms with Crippen LogP contribution in [0.1, 0.15) is 51.1 Å². The van der Waals surface area contributed by atoms with Crippen molar-refractivity contribution < 1.29 is 5.11 Å². The van der Waals surface area contributed by atoms with E-state index >= 15 is 0 Å². The molecule has 0 amide bonds. The molecule has 1 atom stereocenters. The monoisotopic (exact) mass is 276 g/mol. The summed E-state index contributed by atoms with van der Waals surface area (Å²) in [6.07, 6.45) is 4.83. The second kappa shape index (κ2) is 7.65. The van der Waals surface area contributed by atoms with Crippen molar-refractivity contribution in [2.45, 2.75) is 51.6 Å². The van der Waals surface area contributed by atoms with Gasteiger partial charge in [0.1, 0.15) is 5.75 Å². The first-order chi connectivity index (χ1) is 9.72. The fraction of sp³-hybridized carbons (Fsp3) is 0.647. The second-order valence-electron chi connectivity index (χ2n) is 5.83. The van der Waals surface area contributed by atoms with Crippen molar-refractivity contribution in [2.24, 2.45) is 0 Å². The van der Waals surface area contributed by atoms with Gasteiger partial charge in [-0.05, 0) is 63.0 Å². The molecule has 1 aromatic rings. The SMILES string of the molecule is CCCN1CCC(NC(CC)c2ccc(O)cc2)CC1. The third-order valence-corrected chi connectivity index (χ3v) is 4.27. The van der Waals surface area contributed by atoms with Crippen LogP contribution in [0.15, 0.2) is 24.3 Å². The van der Waals surface area contributed by atoms with Crippen molar-refractivity contribution >= 4 is 0 Å². The molecule has 0 saturated carbocycles. The van der Waals surface area contributed by atoms with Crippen molar-refractivity contribution in [3.8, 4) is 5.75 Å². The van der Waals surface area contributed by atoms with Gasteiger partial charge in [-0.3, -0.25) is 0 Å². The lowest BCUT2D eigenvalue weighted by atomic mass is 9.99. The van der Waals surface area contributed by atoms with Gasteiger partial charge < -0.3 is 15.3 Å². The molecule has 0 bridgehead atoms. The Labute approximate surface area is 123 Å². The van der Waals surface area contributed by atoms with E-state index < -0.39 is 0 Å². The van der Waals surface area contributed by atoms with E-state index in [1.165, 1.54) is 44.5 Å². The normalized spacial score (nSPS) is 19.1. The van der Waals surface area contributed by atoms with Crippen LogP contribution in [-0.4, -0.2) is 35.7 Å². The largest absolute Gasteiger partial charge is 0.508 e. The molecule has 112 valence electrons. The highest BCUT2D eigenvalue weighted by Gasteiger charge is 2.21. The van der Waals surface area contributed by atoms with E-state index in [-0.39, 0.29) is 0 Å². The van der Waals surface area contributed by atoms with Gasteiger partial charge in [-0.1, -0.05) is 26.0 Å². The first kappa shape index (κ1) is 15.3. The first-order valence-electron chi connectivity index (χ1n) is 8.00. The van der Waals surface area contributed by atoms with E-state index in [0.29, 0.717) is 17.8 Å². The molecule has 1 saturated heterocycles. The van der Waals surface area contributed by atoms with Gasteiger partial charge in [-0.15, -0.1) is 0 Å². The van der Waals surface area contributed by atoms with Gasteiger partial charge in [-0.25, -0.2) is 0 Å². The number of likely N-dealkylation sites (tertiary alicyclic amines) is 1. The van der Waals surface area contributed by atoms with Gasteiger partial charge in [0.05, 0.1) is 0 Å². The number of hydrogen-bond donors (Lipinski definition) is 2. The second-order valence-corrected chi connectivity index (χ2v) is 5.83. The third kappa shape index (κ3) is 4.22. The number of nitrogens with one attached hydrogen (secondary N) is 1. The first-order valence-corrected chi connectivity index (χ1v) is 8.00. The zero-order valence-corrected chi connectivity index (χ0v) is 12.8. The molecule has 20 heavy (non-hydrogen) atoms. The highest BCUT2D eigenvalue weighted by Crippen LogP contribution is 2.22. The van der Waals surface area contributed by atoms with Gasteiger partial charge in [-0.2, -0.15) is 0 Å². The van der Waals surface area contributed by atoms with Crippen molar-refractivity contribution in [1.29, 1.82) is 0 Å². The van der Waals surface area contributed by atoms with Crippen LogP contribution in [0, 0.1) is 0 Å². The van der Waals surface area contributed by atoms with Crippen molar-refractivity contribution in [2.75, 3.05) is 19.6 Å². The topological polar surface area (TPSA) is 35.5 Å².